The summed E-state index contributed by atoms with van der Waals surface area (Å²) in [5.74, 6) is 1.21. The van der Waals surface area contributed by atoms with Gasteiger partial charge in [-0.3, -0.25) is 9.69 Å². The van der Waals surface area contributed by atoms with Crippen LogP contribution in [0, 0.1) is 0 Å². The SMILES string of the molecule is COc1ccc(C(=O)N2CCN(Cc3cccc(Cl)c3)CC2)cc1OC. The lowest BCUT2D eigenvalue weighted by molar-refractivity contribution is 0.0628. The lowest BCUT2D eigenvalue weighted by atomic mass is 10.1. The Bertz CT molecular complexity index is 773. The van der Waals surface area contributed by atoms with Crippen LogP contribution in [0.25, 0.3) is 0 Å². The molecule has 0 N–H and O–H groups in total. The monoisotopic (exact) mass is 374 g/mol. The summed E-state index contributed by atoms with van der Waals surface area (Å²) in [5.41, 5.74) is 1.81. The molecule has 1 aliphatic heterocycles. The van der Waals surface area contributed by atoms with E-state index in [1.807, 2.05) is 23.1 Å². The fourth-order valence-electron chi connectivity index (χ4n) is 3.15. The van der Waals surface area contributed by atoms with Crippen LogP contribution >= 0.6 is 11.6 Å². The van der Waals surface area contributed by atoms with Crippen LogP contribution in [0.4, 0.5) is 0 Å². The Morgan fingerprint density at radius 1 is 1.00 bits per heavy atom. The number of carbonyl (C=O) groups excluding carboxylic acids is 1. The number of hydrogen-bond acceptors (Lipinski definition) is 4. The van der Waals surface area contributed by atoms with Crippen molar-refractivity contribution in [3.63, 3.8) is 0 Å². The number of methoxy groups -OCH3 is 2. The van der Waals surface area contributed by atoms with Crippen LogP contribution in [0.1, 0.15) is 15.9 Å². The van der Waals surface area contributed by atoms with Crippen molar-refractivity contribution in [3.8, 4) is 11.5 Å². The molecule has 0 unspecified atom stereocenters. The van der Waals surface area contributed by atoms with Crippen molar-refractivity contribution in [2.45, 2.75) is 6.54 Å². The maximum atomic E-state index is 12.8. The zero-order valence-electron chi connectivity index (χ0n) is 15.1. The number of rotatable bonds is 5. The molecule has 0 bridgehead atoms. The van der Waals surface area contributed by atoms with E-state index < -0.39 is 0 Å². The second-order valence-corrected chi connectivity index (χ2v) is 6.70. The summed E-state index contributed by atoms with van der Waals surface area (Å²) < 4.78 is 10.5. The Balaban J connectivity index is 1.60. The average Bonchev–Trinajstić information content (AvgIpc) is 2.67. The number of amides is 1. The second kappa shape index (κ2) is 8.43. The third kappa shape index (κ3) is 4.29. The molecule has 1 heterocycles. The van der Waals surface area contributed by atoms with Crippen molar-refractivity contribution in [2.75, 3.05) is 40.4 Å². The molecule has 0 aliphatic carbocycles. The van der Waals surface area contributed by atoms with Crippen LogP contribution < -0.4 is 9.47 Å². The van der Waals surface area contributed by atoms with Gasteiger partial charge in [0, 0.05) is 43.3 Å². The van der Waals surface area contributed by atoms with Gasteiger partial charge in [0.05, 0.1) is 14.2 Å². The van der Waals surface area contributed by atoms with Crippen LogP contribution in [0.3, 0.4) is 0 Å². The zero-order chi connectivity index (χ0) is 18.5. The quantitative estimate of drug-likeness (QED) is 0.805. The number of carbonyl (C=O) groups is 1. The van der Waals surface area contributed by atoms with Crippen molar-refractivity contribution in [1.29, 1.82) is 0 Å². The highest BCUT2D eigenvalue weighted by Crippen LogP contribution is 2.28. The van der Waals surface area contributed by atoms with Crippen LogP contribution in [-0.2, 0) is 6.54 Å². The standard InChI is InChI=1S/C20H23ClN2O3/c1-25-18-7-6-16(13-19(18)26-2)20(24)23-10-8-22(9-11-23)14-15-4-3-5-17(21)12-15/h3-7,12-13H,8-11,14H2,1-2H3. The zero-order valence-corrected chi connectivity index (χ0v) is 15.8. The molecular formula is C20H23ClN2O3. The van der Waals surface area contributed by atoms with E-state index in [2.05, 4.69) is 11.0 Å². The third-order valence-electron chi connectivity index (χ3n) is 4.59. The lowest BCUT2D eigenvalue weighted by Crippen LogP contribution is -2.48. The fourth-order valence-corrected chi connectivity index (χ4v) is 3.37. The Hall–Kier alpha value is -2.24. The van der Waals surface area contributed by atoms with E-state index in [9.17, 15) is 4.79 Å². The first-order valence-electron chi connectivity index (χ1n) is 8.59. The summed E-state index contributed by atoms with van der Waals surface area (Å²) in [6, 6.07) is 13.2. The van der Waals surface area contributed by atoms with Gasteiger partial charge < -0.3 is 14.4 Å². The highest BCUT2D eigenvalue weighted by atomic mass is 35.5. The highest BCUT2D eigenvalue weighted by Gasteiger charge is 2.23. The maximum Gasteiger partial charge on any atom is 0.254 e. The number of nitrogens with zero attached hydrogens (tertiary/aromatic N) is 2. The molecule has 0 saturated carbocycles. The van der Waals surface area contributed by atoms with Gasteiger partial charge in [-0.05, 0) is 35.9 Å². The van der Waals surface area contributed by atoms with Gasteiger partial charge in [-0.25, -0.2) is 0 Å². The predicted molar refractivity (Wildman–Crippen MR) is 102 cm³/mol. The molecule has 1 amide bonds. The average molecular weight is 375 g/mol. The van der Waals surface area contributed by atoms with E-state index in [1.54, 1.807) is 32.4 Å². The minimum atomic E-state index is 0.0216. The van der Waals surface area contributed by atoms with Gasteiger partial charge in [0.2, 0.25) is 0 Å². The minimum absolute atomic E-state index is 0.0216. The summed E-state index contributed by atoms with van der Waals surface area (Å²) in [7, 11) is 3.15. The molecule has 0 atom stereocenters. The Kier molecular flexibility index (Phi) is 6.01. The molecule has 1 saturated heterocycles. The van der Waals surface area contributed by atoms with Crippen LogP contribution in [0.5, 0.6) is 11.5 Å². The van der Waals surface area contributed by atoms with E-state index in [0.717, 1.165) is 24.7 Å². The van der Waals surface area contributed by atoms with Gasteiger partial charge >= 0.3 is 0 Å². The van der Waals surface area contributed by atoms with E-state index >= 15 is 0 Å². The van der Waals surface area contributed by atoms with E-state index in [1.165, 1.54) is 5.56 Å². The van der Waals surface area contributed by atoms with Gasteiger partial charge in [0.1, 0.15) is 0 Å². The number of benzene rings is 2. The Labute approximate surface area is 159 Å². The van der Waals surface area contributed by atoms with E-state index in [4.69, 9.17) is 21.1 Å². The summed E-state index contributed by atoms with van der Waals surface area (Å²) in [6.07, 6.45) is 0. The molecule has 2 aromatic carbocycles. The molecule has 138 valence electrons. The molecule has 2 aromatic rings. The smallest absolute Gasteiger partial charge is 0.254 e. The molecule has 0 radical (unpaired) electrons. The molecule has 5 nitrogen and oxygen atoms in total. The Morgan fingerprint density at radius 3 is 2.38 bits per heavy atom. The summed E-state index contributed by atoms with van der Waals surface area (Å²) >= 11 is 6.05. The van der Waals surface area contributed by atoms with E-state index in [-0.39, 0.29) is 5.91 Å². The minimum Gasteiger partial charge on any atom is -0.493 e. The maximum absolute atomic E-state index is 12.8. The van der Waals surface area contributed by atoms with Gasteiger partial charge in [0.25, 0.3) is 5.91 Å². The number of halogens is 1. The van der Waals surface area contributed by atoms with Gasteiger partial charge in [-0.15, -0.1) is 0 Å². The fraction of sp³-hybridized carbons (Fsp3) is 0.350. The molecular weight excluding hydrogens is 352 g/mol. The van der Waals surface area contributed by atoms with E-state index in [0.29, 0.717) is 30.2 Å². The van der Waals surface area contributed by atoms with Crippen molar-refractivity contribution >= 4 is 17.5 Å². The summed E-state index contributed by atoms with van der Waals surface area (Å²) in [6.45, 7) is 3.93. The molecule has 6 heteroatoms. The predicted octanol–water partition coefficient (Wildman–Crippen LogP) is 3.32. The molecule has 0 aromatic heterocycles. The van der Waals surface area contributed by atoms with Crippen molar-refractivity contribution in [2.24, 2.45) is 0 Å². The van der Waals surface area contributed by atoms with Crippen molar-refractivity contribution < 1.29 is 14.3 Å². The van der Waals surface area contributed by atoms with Gasteiger partial charge in [-0.2, -0.15) is 0 Å². The van der Waals surface area contributed by atoms with Crippen LogP contribution in [-0.4, -0.2) is 56.1 Å². The molecule has 1 fully saturated rings. The summed E-state index contributed by atoms with van der Waals surface area (Å²) in [4.78, 5) is 17.0. The highest BCUT2D eigenvalue weighted by molar-refractivity contribution is 6.30. The first-order chi connectivity index (χ1) is 12.6. The van der Waals surface area contributed by atoms with Crippen molar-refractivity contribution in [3.05, 3.63) is 58.6 Å². The van der Waals surface area contributed by atoms with Crippen LogP contribution in [0.2, 0.25) is 5.02 Å². The van der Waals surface area contributed by atoms with Crippen molar-refractivity contribution in [1.82, 2.24) is 9.80 Å². The largest absolute Gasteiger partial charge is 0.493 e. The first kappa shape index (κ1) is 18.5. The normalized spacial score (nSPS) is 15.0. The first-order valence-corrected chi connectivity index (χ1v) is 8.96. The van der Waals surface area contributed by atoms with Gasteiger partial charge in [0.15, 0.2) is 11.5 Å². The number of piperazine rings is 1. The molecule has 3 rings (SSSR count). The number of ether oxygens (including phenoxy) is 2. The lowest BCUT2D eigenvalue weighted by Gasteiger charge is -2.35. The topological polar surface area (TPSA) is 42.0 Å². The number of hydrogen-bond donors (Lipinski definition) is 0. The summed E-state index contributed by atoms with van der Waals surface area (Å²) in [5, 5.41) is 0.754. The molecule has 26 heavy (non-hydrogen) atoms. The molecule has 0 spiro atoms. The molecule has 1 aliphatic rings. The Morgan fingerprint density at radius 2 is 1.73 bits per heavy atom. The second-order valence-electron chi connectivity index (χ2n) is 6.27. The van der Waals surface area contributed by atoms with Gasteiger partial charge in [-0.1, -0.05) is 23.7 Å². The third-order valence-corrected chi connectivity index (χ3v) is 4.82. The van der Waals surface area contributed by atoms with Crippen LogP contribution in [0.15, 0.2) is 42.5 Å².